The SMILES string of the molecule is CC(CC1CC1)N(CCC(=O)O)C1CC1. The number of nitrogens with zero attached hydrogens (tertiary/aromatic N) is 1. The van der Waals surface area contributed by atoms with Crippen LogP contribution in [-0.4, -0.2) is 34.6 Å². The second-order valence-corrected chi connectivity index (χ2v) is 5.14. The van der Waals surface area contributed by atoms with E-state index in [9.17, 15) is 4.79 Å². The molecule has 86 valence electrons. The number of carboxylic acids is 1. The fourth-order valence-electron chi connectivity index (χ4n) is 2.37. The van der Waals surface area contributed by atoms with Crippen LogP contribution in [0.5, 0.6) is 0 Å². The van der Waals surface area contributed by atoms with Crippen molar-refractivity contribution in [2.75, 3.05) is 6.54 Å². The van der Waals surface area contributed by atoms with Gasteiger partial charge >= 0.3 is 5.97 Å². The van der Waals surface area contributed by atoms with E-state index in [0.717, 1.165) is 12.5 Å². The Balaban J connectivity index is 1.77. The molecular formula is C12H21NO2. The van der Waals surface area contributed by atoms with E-state index in [-0.39, 0.29) is 0 Å². The third-order valence-electron chi connectivity index (χ3n) is 3.54. The Kier molecular flexibility index (Phi) is 3.29. The predicted octanol–water partition coefficient (Wildman–Crippen LogP) is 2.11. The lowest BCUT2D eigenvalue weighted by Gasteiger charge is -2.28. The van der Waals surface area contributed by atoms with Gasteiger partial charge in [-0.2, -0.15) is 0 Å². The Morgan fingerprint density at radius 3 is 2.53 bits per heavy atom. The minimum Gasteiger partial charge on any atom is -0.481 e. The number of carbonyl (C=O) groups is 1. The molecule has 3 heteroatoms. The lowest BCUT2D eigenvalue weighted by Crippen LogP contribution is -2.37. The first-order chi connectivity index (χ1) is 7.16. The molecular weight excluding hydrogens is 190 g/mol. The number of hydrogen-bond acceptors (Lipinski definition) is 2. The number of carboxylic acid groups (broad SMARTS) is 1. The Bertz CT molecular complexity index is 234. The molecule has 0 spiro atoms. The summed E-state index contributed by atoms with van der Waals surface area (Å²) in [6.45, 7) is 3.01. The van der Waals surface area contributed by atoms with Gasteiger partial charge in [0.15, 0.2) is 0 Å². The molecule has 0 radical (unpaired) electrons. The highest BCUT2D eigenvalue weighted by Gasteiger charge is 2.34. The van der Waals surface area contributed by atoms with Crippen molar-refractivity contribution < 1.29 is 9.90 Å². The zero-order chi connectivity index (χ0) is 10.8. The van der Waals surface area contributed by atoms with Crippen LogP contribution in [0.4, 0.5) is 0 Å². The number of rotatable bonds is 7. The normalized spacial score (nSPS) is 23.1. The molecule has 0 aromatic carbocycles. The Labute approximate surface area is 91.5 Å². The quantitative estimate of drug-likeness (QED) is 0.701. The highest BCUT2D eigenvalue weighted by atomic mass is 16.4. The van der Waals surface area contributed by atoms with Crippen molar-refractivity contribution in [3.63, 3.8) is 0 Å². The van der Waals surface area contributed by atoms with Crippen LogP contribution in [-0.2, 0) is 4.79 Å². The zero-order valence-electron chi connectivity index (χ0n) is 9.48. The Morgan fingerprint density at radius 1 is 1.40 bits per heavy atom. The molecule has 0 aliphatic heterocycles. The first-order valence-electron chi connectivity index (χ1n) is 6.14. The smallest absolute Gasteiger partial charge is 0.304 e. The minimum atomic E-state index is -0.667. The van der Waals surface area contributed by atoms with Crippen molar-refractivity contribution >= 4 is 5.97 Å². The lowest BCUT2D eigenvalue weighted by atomic mass is 10.1. The van der Waals surface area contributed by atoms with Crippen molar-refractivity contribution in [1.29, 1.82) is 0 Å². The molecule has 2 saturated carbocycles. The van der Waals surface area contributed by atoms with Gasteiger partial charge in [-0.15, -0.1) is 0 Å². The molecule has 3 nitrogen and oxygen atoms in total. The van der Waals surface area contributed by atoms with Crippen molar-refractivity contribution in [2.45, 2.75) is 57.5 Å². The van der Waals surface area contributed by atoms with Crippen LogP contribution in [0.2, 0.25) is 0 Å². The second-order valence-electron chi connectivity index (χ2n) is 5.14. The first-order valence-corrected chi connectivity index (χ1v) is 6.14. The molecule has 15 heavy (non-hydrogen) atoms. The van der Waals surface area contributed by atoms with Gasteiger partial charge in [0.2, 0.25) is 0 Å². The number of hydrogen-bond donors (Lipinski definition) is 1. The molecule has 0 bridgehead atoms. The first kappa shape index (κ1) is 10.9. The van der Waals surface area contributed by atoms with Gasteiger partial charge in [-0.25, -0.2) is 0 Å². The van der Waals surface area contributed by atoms with E-state index in [2.05, 4.69) is 11.8 Å². The van der Waals surface area contributed by atoms with Gasteiger partial charge in [-0.1, -0.05) is 12.8 Å². The maximum atomic E-state index is 10.6. The molecule has 0 aromatic heterocycles. The van der Waals surface area contributed by atoms with Crippen LogP contribution in [0, 0.1) is 5.92 Å². The van der Waals surface area contributed by atoms with E-state index in [4.69, 9.17) is 5.11 Å². The largest absolute Gasteiger partial charge is 0.481 e. The van der Waals surface area contributed by atoms with E-state index < -0.39 is 5.97 Å². The maximum Gasteiger partial charge on any atom is 0.304 e. The van der Waals surface area contributed by atoms with Gasteiger partial charge in [0.1, 0.15) is 0 Å². The molecule has 0 amide bonds. The second kappa shape index (κ2) is 4.52. The molecule has 1 unspecified atom stereocenters. The van der Waals surface area contributed by atoms with Crippen LogP contribution in [0.25, 0.3) is 0 Å². The molecule has 1 atom stereocenters. The topological polar surface area (TPSA) is 40.5 Å². The van der Waals surface area contributed by atoms with Crippen LogP contribution < -0.4 is 0 Å². The average Bonchev–Trinajstić information content (AvgIpc) is 2.97. The minimum absolute atomic E-state index is 0.297. The summed E-state index contributed by atoms with van der Waals surface area (Å²) in [5, 5.41) is 8.71. The average molecular weight is 211 g/mol. The molecule has 2 aliphatic rings. The predicted molar refractivity (Wildman–Crippen MR) is 58.8 cm³/mol. The van der Waals surface area contributed by atoms with E-state index in [1.807, 2.05) is 0 Å². The summed E-state index contributed by atoms with van der Waals surface area (Å²) in [6.07, 6.45) is 6.90. The molecule has 0 heterocycles. The number of aliphatic carboxylic acids is 1. The molecule has 0 saturated heterocycles. The van der Waals surface area contributed by atoms with Gasteiger partial charge in [-0.05, 0) is 32.1 Å². The fraction of sp³-hybridized carbons (Fsp3) is 0.917. The molecule has 2 aliphatic carbocycles. The van der Waals surface area contributed by atoms with Gasteiger partial charge < -0.3 is 5.11 Å². The summed E-state index contributed by atoms with van der Waals surface area (Å²) in [4.78, 5) is 13.0. The molecule has 2 fully saturated rings. The van der Waals surface area contributed by atoms with Crippen LogP contribution in [0.1, 0.15) is 45.4 Å². The molecule has 0 aromatic rings. The lowest BCUT2D eigenvalue weighted by molar-refractivity contribution is -0.137. The summed E-state index contributed by atoms with van der Waals surface area (Å²) in [6, 6.07) is 1.28. The van der Waals surface area contributed by atoms with Gasteiger partial charge in [0.25, 0.3) is 0 Å². The summed E-state index contributed by atoms with van der Waals surface area (Å²) >= 11 is 0. The monoisotopic (exact) mass is 211 g/mol. The third kappa shape index (κ3) is 3.49. The zero-order valence-corrected chi connectivity index (χ0v) is 9.48. The fourth-order valence-corrected chi connectivity index (χ4v) is 2.37. The standard InChI is InChI=1S/C12H21NO2/c1-9(8-10-2-3-10)13(11-4-5-11)7-6-12(14)15/h9-11H,2-8H2,1H3,(H,14,15). The Hall–Kier alpha value is -0.570. The molecule has 1 N–H and O–H groups in total. The van der Waals surface area contributed by atoms with Gasteiger partial charge in [-0.3, -0.25) is 9.69 Å². The maximum absolute atomic E-state index is 10.6. The van der Waals surface area contributed by atoms with Crippen molar-refractivity contribution in [1.82, 2.24) is 4.90 Å². The van der Waals surface area contributed by atoms with E-state index >= 15 is 0 Å². The van der Waals surface area contributed by atoms with Crippen LogP contribution >= 0.6 is 0 Å². The van der Waals surface area contributed by atoms with Crippen molar-refractivity contribution in [3.05, 3.63) is 0 Å². The summed E-state index contributed by atoms with van der Waals surface area (Å²) in [5.74, 6) is 0.269. The summed E-state index contributed by atoms with van der Waals surface area (Å²) in [5.41, 5.74) is 0. The van der Waals surface area contributed by atoms with Gasteiger partial charge in [0.05, 0.1) is 6.42 Å². The highest BCUT2D eigenvalue weighted by molar-refractivity contribution is 5.66. The van der Waals surface area contributed by atoms with E-state index in [0.29, 0.717) is 18.5 Å². The summed E-state index contributed by atoms with van der Waals surface area (Å²) < 4.78 is 0. The Morgan fingerprint density at radius 2 is 2.07 bits per heavy atom. The van der Waals surface area contributed by atoms with Gasteiger partial charge in [0, 0.05) is 18.6 Å². The third-order valence-corrected chi connectivity index (χ3v) is 3.54. The summed E-state index contributed by atoms with van der Waals surface area (Å²) in [7, 11) is 0. The van der Waals surface area contributed by atoms with Crippen LogP contribution in [0.3, 0.4) is 0 Å². The van der Waals surface area contributed by atoms with E-state index in [1.54, 1.807) is 0 Å². The van der Waals surface area contributed by atoms with Crippen molar-refractivity contribution in [2.24, 2.45) is 5.92 Å². The highest BCUT2D eigenvalue weighted by Crippen LogP contribution is 2.37. The van der Waals surface area contributed by atoms with Crippen LogP contribution in [0.15, 0.2) is 0 Å². The molecule has 2 rings (SSSR count). The van der Waals surface area contributed by atoms with E-state index in [1.165, 1.54) is 32.1 Å². The van der Waals surface area contributed by atoms with Crippen molar-refractivity contribution in [3.8, 4) is 0 Å².